The molecule has 12 heteroatoms. The van der Waals surface area contributed by atoms with E-state index in [1.54, 1.807) is 59.3 Å². The van der Waals surface area contributed by atoms with Gasteiger partial charge in [-0.1, -0.05) is 12.1 Å². The SMILES string of the molecule is CNC(=O)c1c(C2=CC=C(F)CC2)oc2cc(N(C)S(C)(=O)=O)c(-c3ccc4ncn5c6cccc(F)c6cc5c4n3)cc12. The summed E-state index contributed by atoms with van der Waals surface area (Å²) in [6.07, 6.45) is 6.13. The number of nitrogens with zero attached hydrogens (tertiary/aromatic N) is 4. The first-order chi connectivity index (χ1) is 21.0. The van der Waals surface area contributed by atoms with E-state index < -0.39 is 15.9 Å². The number of carbonyl (C=O) groups is 1. The van der Waals surface area contributed by atoms with Crippen molar-refractivity contribution in [2.24, 2.45) is 0 Å². The van der Waals surface area contributed by atoms with Crippen molar-refractivity contribution in [3.8, 4) is 11.3 Å². The summed E-state index contributed by atoms with van der Waals surface area (Å²) in [6.45, 7) is 0. The average Bonchev–Trinajstić information content (AvgIpc) is 3.59. The van der Waals surface area contributed by atoms with Crippen molar-refractivity contribution in [2.75, 3.05) is 24.7 Å². The highest BCUT2D eigenvalue weighted by Gasteiger charge is 2.27. The molecular weight excluding hydrogens is 588 g/mol. The fourth-order valence-electron chi connectivity index (χ4n) is 5.69. The van der Waals surface area contributed by atoms with Gasteiger partial charge in [0.15, 0.2) is 0 Å². The van der Waals surface area contributed by atoms with Gasteiger partial charge in [-0.2, -0.15) is 0 Å². The molecule has 1 aliphatic carbocycles. The van der Waals surface area contributed by atoms with Gasteiger partial charge in [-0.05, 0) is 54.5 Å². The molecule has 44 heavy (non-hydrogen) atoms. The minimum atomic E-state index is -3.74. The van der Waals surface area contributed by atoms with E-state index in [-0.39, 0.29) is 40.7 Å². The van der Waals surface area contributed by atoms with E-state index in [2.05, 4.69) is 10.3 Å². The third kappa shape index (κ3) is 4.32. The largest absolute Gasteiger partial charge is 0.455 e. The number of hydrogen-bond acceptors (Lipinski definition) is 6. The first kappa shape index (κ1) is 27.7. The quantitative estimate of drug-likeness (QED) is 0.242. The standard InChI is InChI=1S/C32H25F2N5O4S/c1-35-32(40)29-21-13-20(26(38(2)44(3,41)42)15-28(21)43-31(29)17-7-9-18(33)10-8-17)23-11-12-24-30(37-23)27-14-19-22(34)5-4-6-25(19)39(27)16-36-24/h4-7,9,11-16H,8,10H2,1-3H3,(H,35,40). The average molecular weight is 614 g/mol. The molecule has 7 rings (SSSR count). The van der Waals surface area contributed by atoms with Crippen LogP contribution in [0.25, 0.3) is 55.3 Å². The van der Waals surface area contributed by atoms with Gasteiger partial charge < -0.3 is 9.73 Å². The second-order valence-electron chi connectivity index (χ2n) is 10.7. The molecular formula is C32H25F2N5O4S. The number of furan rings is 1. The Labute approximate surface area is 250 Å². The Balaban J connectivity index is 1.53. The van der Waals surface area contributed by atoms with E-state index >= 15 is 0 Å². The Morgan fingerprint density at radius 1 is 1.05 bits per heavy atom. The number of hydrogen-bond donors (Lipinski definition) is 1. The first-order valence-corrected chi connectivity index (χ1v) is 15.6. The molecule has 222 valence electrons. The number of fused-ring (bicyclic) bond motifs is 6. The van der Waals surface area contributed by atoms with Crippen LogP contribution in [-0.2, 0) is 10.0 Å². The molecule has 0 fully saturated rings. The number of carbonyl (C=O) groups excluding carboxylic acids is 1. The Bertz CT molecular complexity index is 2370. The molecule has 0 aliphatic heterocycles. The molecule has 4 heterocycles. The van der Waals surface area contributed by atoms with Gasteiger partial charge in [0.1, 0.15) is 34.8 Å². The van der Waals surface area contributed by atoms with E-state index in [9.17, 15) is 22.0 Å². The van der Waals surface area contributed by atoms with Crippen LogP contribution in [0.15, 0.2) is 77.3 Å². The van der Waals surface area contributed by atoms with Crippen molar-refractivity contribution in [2.45, 2.75) is 12.8 Å². The van der Waals surface area contributed by atoms with Crippen LogP contribution in [-0.4, -0.2) is 49.0 Å². The van der Waals surface area contributed by atoms with E-state index in [4.69, 9.17) is 9.40 Å². The first-order valence-electron chi connectivity index (χ1n) is 13.7. The molecule has 4 aromatic heterocycles. The van der Waals surface area contributed by atoms with Crippen molar-refractivity contribution in [3.05, 3.63) is 90.0 Å². The number of amides is 1. The van der Waals surface area contributed by atoms with E-state index in [1.807, 2.05) is 0 Å². The molecule has 6 aromatic rings. The van der Waals surface area contributed by atoms with Crippen LogP contribution in [0.1, 0.15) is 29.0 Å². The summed E-state index contributed by atoms with van der Waals surface area (Å²) in [5.74, 6) is -0.770. The molecule has 0 bridgehead atoms. The fraction of sp³-hybridized carbons (Fsp3) is 0.156. The summed E-state index contributed by atoms with van der Waals surface area (Å²) in [6, 6.07) is 13.2. The zero-order chi connectivity index (χ0) is 30.9. The monoisotopic (exact) mass is 613 g/mol. The Kier molecular flexibility index (Phi) is 6.29. The van der Waals surface area contributed by atoms with Crippen LogP contribution in [0.4, 0.5) is 14.5 Å². The number of rotatable bonds is 5. The van der Waals surface area contributed by atoms with Crippen molar-refractivity contribution >= 4 is 65.6 Å². The molecule has 0 spiro atoms. The lowest BCUT2D eigenvalue weighted by atomic mass is 9.96. The van der Waals surface area contributed by atoms with Crippen molar-refractivity contribution in [1.29, 1.82) is 0 Å². The lowest BCUT2D eigenvalue weighted by molar-refractivity contribution is 0.0963. The summed E-state index contributed by atoms with van der Waals surface area (Å²) in [5, 5.41) is 3.50. The van der Waals surface area contributed by atoms with E-state index in [0.29, 0.717) is 56.1 Å². The maximum atomic E-state index is 14.7. The molecule has 0 saturated carbocycles. The number of benzene rings is 2. The van der Waals surface area contributed by atoms with Gasteiger partial charge in [0.25, 0.3) is 5.91 Å². The highest BCUT2D eigenvalue weighted by Crippen LogP contribution is 2.41. The molecule has 2 aromatic carbocycles. The van der Waals surface area contributed by atoms with Crippen LogP contribution in [0, 0.1) is 5.82 Å². The topological polar surface area (TPSA) is 110 Å². The second-order valence-corrected chi connectivity index (χ2v) is 12.7. The predicted octanol–water partition coefficient (Wildman–Crippen LogP) is 6.37. The van der Waals surface area contributed by atoms with Crippen LogP contribution in [0.2, 0.25) is 0 Å². The number of pyridine rings is 1. The van der Waals surface area contributed by atoms with E-state index in [0.717, 1.165) is 10.6 Å². The maximum absolute atomic E-state index is 14.7. The van der Waals surface area contributed by atoms with Gasteiger partial charge in [-0.25, -0.2) is 27.2 Å². The Hall–Kier alpha value is -5.10. The number of halogens is 2. The number of aromatic nitrogens is 3. The molecule has 1 N–H and O–H groups in total. The molecule has 1 amide bonds. The van der Waals surface area contributed by atoms with Crippen molar-refractivity contribution in [1.82, 2.24) is 19.7 Å². The predicted molar refractivity (Wildman–Crippen MR) is 166 cm³/mol. The summed E-state index contributed by atoms with van der Waals surface area (Å²) < 4.78 is 63.1. The lowest BCUT2D eigenvalue weighted by Gasteiger charge is -2.20. The normalized spacial score (nSPS) is 13.9. The summed E-state index contributed by atoms with van der Waals surface area (Å²) in [5.41, 5.74) is 4.55. The van der Waals surface area contributed by atoms with Crippen molar-refractivity contribution < 1.29 is 26.4 Å². The maximum Gasteiger partial charge on any atom is 0.255 e. The van der Waals surface area contributed by atoms with Gasteiger partial charge in [0.2, 0.25) is 10.0 Å². The Morgan fingerprint density at radius 2 is 1.86 bits per heavy atom. The third-order valence-electron chi connectivity index (χ3n) is 8.02. The number of nitrogens with one attached hydrogen (secondary N) is 1. The van der Waals surface area contributed by atoms with Crippen LogP contribution < -0.4 is 9.62 Å². The minimum Gasteiger partial charge on any atom is -0.455 e. The molecule has 0 saturated heterocycles. The highest BCUT2D eigenvalue weighted by atomic mass is 32.2. The number of sulfonamides is 1. The van der Waals surface area contributed by atoms with Crippen LogP contribution in [0.5, 0.6) is 0 Å². The summed E-state index contributed by atoms with van der Waals surface area (Å²) >= 11 is 0. The third-order valence-corrected chi connectivity index (χ3v) is 9.21. The van der Waals surface area contributed by atoms with Gasteiger partial charge in [0, 0.05) is 42.9 Å². The minimum absolute atomic E-state index is 0.172. The van der Waals surface area contributed by atoms with Gasteiger partial charge in [-0.15, -0.1) is 0 Å². The van der Waals surface area contributed by atoms with Gasteiger partial charge >= 0.3 is 0 Å². The van der Waals surface area contributed by atoms with Crippen LogP contribution >= 0.6 is 0 Å². The Morgan fingerprint density at radius 3 is 2.59 bits per heavy atom. The smallest absolute Gasteiger partial charge is 0.255 e. The van der Waals surface area contributed by atoms with E-state index in [1.165, 1.54) is 26.2 Å². The molecule has 0 unspecified atom stereocenters. The highest BCUT2D eigenvalue weighted by molar-refractivity contribution is 7.92. The van der Waals surface area contributed by atoms with Gasteiger partial charge in [-0.3, -0.25) is 13.5 Å². The van der Waals surface area contributed by atoms with Crippen LogP contribution in [0.3, 0.4) is 0 Å². The zero-order valence-electron chi connectivity index (χ0n) is 23.9. The molecule has 1 aliphatic rings. The second kappa shape index (κ2) is 9.98. The number of anilines is 1. The molecule has 9 nitrogen and oxygen atoms in total. The number of allylic oxidation sites excluding steroid dienone is 4. The molecule has 0 radical (unpaired) electrons. The zero-order valence-corrected chi connectivity index (χ0v) is 24.7. The van der Waals surface area contributed by atoms with Gasteiger partial charge in [0.05, 0.1) is 39.8 Å². The lowest BCUT2D eigenvalue weighted by Crippen LogP contribution is -2.25. The fourth-order valence-corrected chi connectivity index (χ4v) is 6.20. The molecule has 0 atom stereocenters. The van der Waals surface area contributed by atoms with Crippen molar-refractivity contribution in [3.63, 3.8) is 0 Å². The summed E-state index contributed by atoms with van der Waals surface area (Å²) in [4.78, 5) is 22.7. The summed E-state index contributed by atoms with van der Waals surface area (Å²) in [7, 11) is -0.819.